The van der Waals surface area contributed by atoms with Gasteiger partial charge in [0.2, 0.25) is 0 Å². The molecule has 0 fully saturated rings. The summed E-state index contributed by atoms with van der Waals surface area (Å²) in [6, 6.07) is 6.05. The Morgan fingerprint density at radius 1 is 1.14 bits per heavy atom. The van der Waals surface area contributed by atoms with Crippen LogP contribution >= 0.6 is 0 Å². The molecule has 0 N–H and O–H groups in total. The van der Waals surface area contributed by atoms with Crippen molar-refractivity contribution in [1.29, 1.82) is 0 Å². The van der Waals surface area contributed by atoms with Gasteiger partial charge in [-0.25, -0.2) is 0 Å². The van der Waals surface area contributed by atoms with Gasteiger partial charge in [-0.05, 0) is 24.3 Å². The van der Waals surface area contributed by atoms with Crippen LogP contribution in [0.3, 0.4) is 0 Å². The van der Waals surface area contributed by atoms with Gasteiger partial charge in [0.25, 0.3) is 0 Å². The highest BCUT2D eigenvalue weighted by atomic mass is 19.4. The molecule has 0 aliphatic heterocycles. The van der Waals surface area contributed by atoms with Crippen LogP contribution in [0.1, 0.15) is 5.56 Å². The van der Waals surface area contributed by atoms with Gasteiger partial charge in [-0.1, -0.05) is 5.92 Å². The second-order valence-electron chi connectivity index (χ2n) is 2.48. The molecular formula is C10H7F3O. The first-order valence-electron chi connectivity index (χ1n) is 3.75. The molecule has 1 rings (SSSR count). The molecule has 1 aromatic rings. The van der Waals surface area contributed by atoms with Crippen molar-refractivity contribution in [2.75, 3.05) is 7.11 Å². The molecule has 0 bridgehead atoms. The number of methoxy groups -OCH3 is 1. The van der Waals surface area contributed by atoms with Gasteiger partial charge in [0.15, 0.2) is 0 Å². The van der Waals surface area contributed by atoms with E-state index in [0.717, 1.165) is 0 Å². The Morgan fingerprint density at radius 3 is 2.14 bits per heavy atom. The van der Waals surface area contributed by atoms with Gasteiger partial charge in [0.1, 0.15) is 5.75 Å². The smallest absolute Gasteiger partial charge is 0.458 e. The third kappa shape index (κ3) is 3.40. The van der Waals surface area contributed by atoms with Crippen molar-refractivity contribution in [3.05, 3.63) is 29.8 Å². The molecule has 0 spiro atoms. The molecule has 4 heteroatoms. The fourth-order valence-corrected chi connectivity index (χ4v) is 0.817. The number of alkyl halides is 3. The summed E-state index contributed by atoms with van der Waals surface area (Å²) in [5.74, 6) is 3.78. The molecule has 14 heavy (non-hydrogen) atoms. The Kier molecular flexibility index (Phi) is 3.03. The minimum absolute atomic E-state index is 0.308. The van der Waals surface area contributed by atoms with Crippen LogP contribution in [-0.4, -0.2) is 13.3 Å². The van der Waals surface area contributed by atoms with Gasteiger partial charge in [0.05, 0.1) is 7.11 Å². The van der Waals surface area contributed by atoms with Crippen LogP contribution in [0, 0.1) is 11.8 Å². The lowest BCUT2D eigenvalue weighted by Crippen LogP contribution is -2.01. The molecule has 0 aromatic heterocycles. The van der Waals surface area contributed by atoms with Crippen molar-refractivity contribution in [3.8, 4) is 17.6 Å². The minimum atomic E-state index is -4.44. The number of hydrogen-bond acceptors (Lipinski definition) is 1. The zero-order valence-electron chi connectivity index (χ0n) is 7.35. The highest BCUT2D eigenvalue weighted by Crippen LogP contribution is 2.14. The monoisotopic (exact) mass is 200 g/mol. The number of halogens is 3. The third-order valence-electron chi connectivity index (χ3n) is 1.44. The Balaban J connectivity index is 2.82. The van der Waals surface area contributed by atoms with Gasteiger partial charge in [-0.15, -0.1) is 0 Å². The predicted molar refractivity (Wildman–Crippen MR) is 45.9 cm³/mol. The van der Waals surface area contributed by atoms with Crippen molar-refractivity contribution in [2.45, 2.75) is 6.18 Å². The third-order valence-corrected chi connectivity index (χ3v) is 1.44. The summed E-state index contributed by atoms with van der Waals surface area (Å²) in [7, 11) is 1.48. The van der Waals surface area contributed by atoms with E-state index in [1.807, 2.05) is 5.92 Å². The Labute approximate surface area is 79.5 Å². The molecule has 74 valence electrons. The van der Waals surface area contributed by atoms with E-state index in [-0.39, 0.29) is 0 Å². The van der Waals surface area contributed by atoms with Crippen LogP contribution in [0.5, 0.6) is 5.75 Å². The molecule has 0 aliphatic rings. The molecule has 0 aliphatic carbocycles. The summed E-state index contributed by atoms with van der Waals surface area (Å²) in [5.41, 5.74) is 0.308. The standard InChI is InChI=1S/C10H7F3O/c1-14-9-4-2-8(3-5-9)6-7-10(11,12)13/h2-5H,1H3. The maximum atomic E-state index is 11.7. The highest BCUT2D eigenvalue weighted by Gasteiger charge is 2.22. The van der Waals surface area contributed by atoms with Crippen LogP contribution in [-0.2, 0) is 0 Å². The average molecular weight is 200 g/mol. The molecule has 0 heterocycles. The number of hydrogen-bond donors (Lipinski definition) is 0. The molecular weight excluding hydrogens is 193 g/mol. The first-order valence-corrected chi connectivity index (χ1v) is 3.75. The average Bonchev–Trinajstić information content (AvgIpc) is 2.14. The van der Waals surface area contributed by atoms with Crippen molar-refractivity contribution < 1.29 is 17.9 Å². The molecule has 1 nitrogen and oxygen atoms in total. The number of ether oxygens (including phenoxy) is 1. The van der Waals surface area contributed by atoms with Crippen molar-refractivity contribution in [3.63, 3.8) is 0 Å². The van der Waals surface area contributed by atoms with E-state index >= 15 is 0 Å². The van der Waals surface area contributed by atoms with E-state index in [1.165, 1.54) is 25.2 Å². The lowest BCUT2D eigenvalue weighted by molar-refractivity contribution is -0.0696. The fourth-order valence-electron chi connectivity index (χ4n) is 0.817. The summed E-state index contributed by atoms with van der Waals surface area (Å²) in [6.45, 7) is 0. The topological polar surface area (TPSA) is 9.23 Å². The van der Waals surface area contributed by atoms with Crippen molar-refractivity contribution in [2.24, 2.45) is 0 Å². The lowest BCUT2D eigenvalue weighted by Gasteiger charge is -1.97. The van der Waals surface area contributed by atoms with E-state index < -0.39 is 6.18 Å². The fraction of sp³-hybridized carbons (Fsp3) is 0.200. The Morgan fingerprint density at radius 2 is 1.71 bits per heavy atom. The van der Waals surface area contributed by atoms with Crippen molar-refractivity contribution in [1.82, 2.24) is 0 Å². The quantitative estimate of drug-likeness (QED) is 0.633. The van der Waals surface area contributed by atoms with E-state index in [4.69, 9.17) is 4.74 Å². The lowest BCUT2D eigenvalue weighted by atomic mass is 10.2. The molecule has 1 aromatic carbocycles. The first kappa shape index (κ1) is 10.5. The molecule has 0 amide bonds. The Hall–Kier alpha value is -1.63. The summed E-state index contributed by atoms with van der Waals surface area (Å²) >= 11 is 0. The first-order chi connectivity index (χ1) is 6.51. The maximum Gasteiger partial charge on any atom is 0.458 e. The number of benzene rings is 1. The second-order valence-corrected chi connectivity index (χ2v) is 2.48. The van der Waals surface area contributed by atoms with Crippen LogP contribution in [0.4, 0.5) is 13.2 Å². The molecule has 0 saturated heterocycles. The van der Waals surface area contributed by atoms with E-state index in [1.54, 1.807) is 12.1 Å². The summed E-state index contributed by atoms with van der Waals surface area (Å²) in [4.78, 5) is 0. The van der Waals surface area contributed by atoms with E-state index in [9.17, 15) is 13.2 Å². The van der Waals surface area contributed by atoms with Crippen LogP contribution in [0.15, 0.2) is 24.3 Å². The minimum Gasteiger partial charge on any atom is -0.497 e. The largest absolute Gasteiger partial charge is 0.497 e. The molecule has 0 saturated carbocycles. The molecule has 0 unspecified atom stereocenters. The zero-order valence-corrected chi connectivity index (χ0v) is 7.35. The van der Waals surface area contributed by atoms with Crippen LogP contribution in [0.25, 0.3) is 0 Å². The van der Waals surface area contributed by atoms with Crippen molar-refractivity contribution >= 4 is 0 Å². The molecule has 0 atom stereocenters. The zero-order chi connectivity index (χ0) is 10.6. The summed E-state index contributed by atoms with van der Waals surface area (Å²) in [5, 5.41) is 0. The number of rotatable bonds is 1. The van der Waals surface area contributed by atoms with Gasteiger partial charge in [0, 0.05) is 11.5 Å². The molecule has 0 radical (unpaired) electrons. The summed E-state index contributed by atoms with van der Waals surface area (Å²) in [6.07, 6.45) is -4.44. The second kappa shape index (κ2) is 4.05. The van der Waals surface area contributed by atoms with Gasteiger partial charge in [-0.2, -0.15) is 13.2 Å². The van der Waals surface area contributed by atoms with E-state index in [0.29, 0.717) is 11.3 Å². The van der Waals surface area contributed by atoms with Gasteiger partial charge < -0.3 is 4.74 Å². The normalized spacial score (nSPS) is 10.3. The predicted octanol–water partition coefficient (Wildman–Crippen LogP) is 2.61. The van der Waals surface area contributed by atoms with Gasteiger partial charge >= 0.3 is 6.18 Å². The maximum absolute atomic E-state index is 11.7. The Bertz CT molecular complexity index is 354. The van der Waals surface area contributed by atoms with Crippen LogP contribution < -0.4 is 4.74 Å². The van der Waals surface area contributed by atoms with E-state index in [2.05, 4.69) is 0 Å². The highest BCUT2D eigenvalue weighted by molar-refractivity contribution is 5.38. The summed E-state index contributed by atoms with van der Waals surface area (Å²) < 4.78 is 39.9. The van der Waals surface area contributed by atoms with Crippen LogP contribution in [0.2, 0.25) is 0 Å². The SMILES string of the molecule is COc1ccc(C#CC(F)(F)F)cc1. The van der Waals surface area contributed by atoms with Gasteiger partial charge in [-0.3, -0.25) is 0 Å².